The van der Waals surface area contributed by atoms with Gasteiger partial charge in [-0.3, -0.25) is 4.79 Å². The van der Waals surface area contributed by atoms with E-state index in [1.54, 1.807) is 4.90 Å². The van der Waals surface area contributed by atoms with Gasteiger partial charge < -0.3 is 9.64 Å². The van der Waals surface area contributed by atoms with Gasteiger partial charge in [0.2, 0.25) is 0 Å². The summed E-state index contributed by atoms with van der Waals surface area (Å²) in [6, 6.07) is 7.63. The Morgan fingerprint density at radius 1 is 1.50 bits per heavy atom. The molecule has 0 saturated carbocycles. The Hall–Kier alpha value is -1.06. The first-order valence-corrected chi connectivity index (χ1v) is 6.74. The minimum Gasteiger partial charge on any atom is -0.368 e. The molecule has 1 heterocycles. The molecule has 1 fully saturated rings. The fourth-order valence-electron chi connectivity index (χ4n) is 2.15. The van der Waals surface area contributed by atoms with Crippen molar-refractivity contribution in [2.75, 3.05) is 13.2 Å². The summed E-state index contributed by atoms with van der Waals surface area (Å²) in [6.45, 7) is 3.89. The predicted molar refractivity (Wildman–Crippen MR) is 71.5 cm³/mol. The monoisotopic (exact) mass is 267 g/mol. The van der Waals surface area contributed by atoms with E-state index in [-0.39, 0.29) is 12.0 Å². The van der Waals surface area contributed by atoms with Crippen LogP contribution in [0.15, 0.2) is 24.3 Å². The number of benzene rings is 1. The van der Waals surface area contributed by atoms with Crippen molar-refractivity contribution in [3.8, 4) is 0 Å². The van der Waals surface area contributed by atoms with Crippen LogP contribution in [0.1, 0.15) is 25.3 Å². The van der Waals surface area contributed by atoms with E-state index in [4.69, 9.17) is 16.3 Å². The van der Waals surface area contributed by atoms with E-state index < -0.39 is 0 Å². The van der Waals surface area contributed by atoms with Crippen molar-refractivity contribution >= 4 is 17.5 Å². The second-order valence-electron chi connectivity index (χ2n) is 4.45. The Morgan fingerprint density at radius 3 is 2.89 bits per heavy atom. The number of hydrogen-bond donors (Lipinski definition) is 0. The lowest BCUT2D eigenvalue weighted by Crippen LogP contribution is -2.38. The molecular weight excluding hydrogens is 250 g/mol. The van der Waals surface area contributed by atoms with E-state index in [0.717, 1.165) is 18.4 Å². The summed E-state index contributed by atoms with van der Waals surface area (Å²) in [5, 5.41) is 0.705. The summed E-state index contributed by atoms with van der Waals surface area (Å²) in [4.78, 5) is 14.1. The van der Waals surface area contributed by atoms with Crippen molar-refractivity contribution in [2.24, 2.45) is 0 Å². The van der Waals surface area contributed by atoms with Crippen LogP contribution < -0.4 is 0 Å². The molecule has 0 spiro atoms. The van der Waals surface area contributed by atoms with Crippen LogP contribution in [0.5, 0.6) is 0 Å². The van der Waals surface area contributed by atoms with Gasteiger partial charge in [-0.1, -0.05) is 29.8 Å². The molecule has 98 valence electrons. The highest BCUT2D eigenvalue weighted by atomic mass is 35.5. The van der Waals surface area contributed by atoms with E-state index in [9.17, 15) is 4.79 Å². The van der Waals surface area contributed by atoms with Crippen LogP contribution in [0.2, 0.25) is 5.02 Å². The van der Waals surface area contributed by atoms with Gasteiger partial charge in [-0.15, -0.1) is 0 Å². The highest BCUT2D eigenvalue weighted by molar-refractivity contribution is 6.31. The van der Waals surface area contributed by atoms with Crippen molar-refractivity contribution in [2.45, 2.75) is 32.4 Å². The Balaban J connectivity index is 2.05. The molecule has 1 aliphatic heterocycles. The fraction of sp³-hybridized carbons (Fsp3) is 0.500. The lowest BCUT2D eigenvalue weighted by atomic mass is 10.1. The van der Waals surface area contributed by atoms with Gasteiger partial charge in [0.1, 0.15) is 6.10 Å². The van der Waals surface area contributed by atoms with Crippen LogP contribution in [0.3, 0.4) is 0 Å². The average molecular weight is 268 g/mol. The summed E-state index contributed by atoms with van der Waals surface area (Å²) < 4.78 is 5.44. The standard InChI is InChI=1S/C14H18ClNO2/c1-2-16(14(17)13-8-5-9-18-13)10-11-6-3-4-7-12(11)15/h3-4,6-7,13H,2,5,8-10H2,1H3. The zero-order valence-electron chi connectivity index (χ0n) is 10.6. The molecule has 2 rings (SSSR count). The second kappa shape index (κ2) is 6.21. The molecule has 0 radical (unpaired) electrons. The minimum absolute atomic E-state index is 0.0786. The molecule has 0 aromatic heterocycles. The number of amides is 1. The van der Waals surface area contributed by atoms with Crippen molar-refractivity contribution in [3.63, 3.8) is 0 Å². The zero-order valence-corrected chi connectivity index (χ0v) is 11.3. The van der Waals surface area contributed by atoms with Gasteiger partial charge in [-0.05, 0) is 31.4 Å². The zero-order chi connectivity index (χ0) is 13.0. The van der Waals surface area contributed by atoms with Crippen molar-refractivity contribution < 1.29 is 9.53 Å². The number of halogens is 1. The Kier molecular flexibility index (Phi) is 4.61. The molecule has 1 aromatic rings. The van der Waals surface area contributed by atoms with Gasteiger partial charge in [0.05, 0.1) is 0 Å². The van der Waals surface area contributed by atoms with E-state index in [2.05, 4.69) is 0 Å². The van der Waals surface area contributed by atoms with Crippen LogP contribution >= 0.6 is 11.6 Å². The minimum atomic E-state index is -0.257. The van der Waals surface area contributed by atoms with Gasteiger partial charge in [-0.25, -0.2) is 0 Å². The number of carbonyl (C=O) groups is 1. The van der Waals surface area contributed by atoms with E-state index in [0.29, 0.717) is 24.7 Å². The normalized spacial score (nSPS) is 18.9. The summed E-state index contributed by atoms with van der Waals surface area (Å²) in [7, 11) is 0. The lowest BCUT2D eigenvalue weighted by Gasteiger charge is -2.24. The molecule has 1 aromatic carbocycles. The SMILES string of the molecule is CCN(Cc1ccccc1Cl)C(=O)C1CCCO1. The molecule has 1 amide bonds. The van der Waals surface area contributed by atoms with Crippen LogP contribution in [0, 0.1) is 0 Å². The third kappa shape index (κ3) is 3.03. The third-order valence-corrected chi connectivity index (χ3v) is 3.59. The summed E-state index contributed by atoms with van der Waals surface area (Å²) in [5.74, 6) is 0.0786. The molecule has 0 N–H and O–H groups in total. The van der Waals surface area contributed by atoms with Gasteiger partial charge >= 0.3 is 0 Å². The smallest absolute Gasteiger partial charge is 0.251 e. The number of carbonyl (C=O) groups excluding carboxylic acids is 1. The van der Waals surface area contributed by atoms with Crippen molar-refractivity contribution in [1.29, 1.82) is 0 Å². The second-order valence-corrected chi connectivity index (χ2v) is 4.85. The lowest BCUT2D eigenvalue weighted by molar-refractivity contribution is -0.141. The number of rotatable bonds is 4. The van der Waals surface area contributed by atoms with E-state index in [1.807, 2.05) is 31.2 Å². The molecule has 1 unspecified atom stereocenters. The van der Waals surface area contributed by atoms with Crippen LogP contribution in [-0.2, 0) is 16.1 Å². The van der Waals surface area contributed by atoms with E-state index >= 15 is 0 Å². The highest BCUT2D eigenvalue weighted by Gasteiger charge is 2.27. The molecule has 4 heteroatoms. The maximum absolute atomic E-state index is 12.3. The summed E-state index contributed by atoms with van der Waals surface area (Å²) in [5.41, 5.74) is 0.979. The predicted octanol–water partition coefficient (Wildman–Crippen LogP) is 2.87. The topological polar surface area (TPSA) is 29.5 Å². The van der Waals surface area contributed by atoms with Crippen molar-refractivity contribution in [3.05, 3.63) is 34.9 Å². The molecule has 3 nitrogen and oxygen atoms in total. The largest absolute Gasteiger partial charge is 0.368 e. The molecular formula is C14H18ClNO2. The van der Waals surface area contributed by atoms with E-state index in [1.165, 1.54) is 0 Å². The number of ether oxygens (including phenoxy) is 1. The number of likely N-dealkylation sites (N-methyl/N-ethyl adjacent to an activating group) is 1. The van der Waals surface area contributed by atoms with Crippen LogP contribution in [0.4, 0.5) is 0 Å². The first kappa shape index (κ1) is 13.4. The first-order valence-electron chi connectivity index (χ1n) is 6.36. The summed E-state index contributed by atoms with van der Waals surface area (Å²) >= 11 is 6.12. The Labute approximate surface area is 113 Å². The molecule has 1 saturated heterocycles. The highest BCUT2D eigenvalue weighted by Crippen LogP contribution is 2.20. The average Bonchev–Trinajstić information content (AvgIpc) is 2.91. The van der Waals surface area contributed by atoms with Gasteiger partial charge in [0.25, 0.3) is 5.91 Å². The summed E-state index contributed by atoms with van der Waals surface area (Å²) in [6.07, 6.45) is 1.55. The maximum atomic E-state index is 12.3. The van der Waals surface area contributed by atoms with Gasteiger partial charge in [0, 0.05) is 24.7 Å². The first-order chi connectivity index (χ1) is 8.72. The van der Waals surface area contributed by atoms with Crippen LogP contribution in [0.25, 0.3) is 0 Å². The molecule has 1 aliphatic rings. The molecule has 1 atom stereocenters. The van der Waals surface area contributed by atoms with Crippen molar-refractivity contribution in [1.82, 2.24) is 4.90 Å². The Bertz CT molecular complexity index is 416. The molecule has 0 bridgehead atoms. The fourth-order valence-corrected chi connectivity index (χ4v) is 2.35. The number of hydrogen-bond acceptors (Lipinski definition) is 2. The van der Waals surface area contributed by atoms with Gasteiger partial charge in [-0.2, -0.15) is 0 Å². The quantitative estimate of drug-likeness (QED) is 0.840. The third-order valence-electron chi connectivity index (χ3n) is 3.22. The molecule has 18 heavy (non-hydrogen) atoms. The van der Waals surface area contributed by atoms with Gasteiger partial charge in [0.15, 0.2) is 0 Å². The number of nitrogens with zero attached hydrogens (tertiary/aromatic N) is 1. The maximum Gasteiger partial charge on any atom is 0.251 e. The Morgan fingerprint density at radius 2 is 2.28 bits per heavy atom. The molecule has 0 aliphatic carbocycles. The van der Waals surface area contributed by atoms with Crippen LogP contribution in [-0.4, -0.2) is 30.1 Å².